The Morgan fingerprint density at radius 3 is 2.05 bits per heavy atom. The first kappa shape index (κ1) is 78.4. The quantitative estimate of drug-likeness (QED) is 0.0112. The largest absolute Gasteiger partial charge is 0.494 e. The molecule has 570 valence electrons. The molecule has 0 spiro atoms. The number of methoxy groups -OCH3 is 1. The van der Waals surface area contributed by atoms with Gasteiger partial charge in [-0.2, -0.15) is 0 Å². The number of hydrogen-bond acceptors (Lipinski definition) is 21. The Bertz CT molecular complexity index is 4040. The standard InChI is InChI=1S/C75H99N15O16/c1-48(2)68(85-65(92)22-33-100-36-38-102-40-41-103-39-37-101-34-24-78-64(91)21-25-88-66(93)19-20-67(88)94)71(95)84-58(10-9-23-79-75(77)98)73(97)89-30-35-106-74(89)61-42-49(3)47-90(61)72(96)54-45-62(99-5)63(46-55(54)76)105-32-8-6-7-31-104-53-15-11-50(12-16-53)69-80-56-17-13-51(43-59(56)82-69)70-81-57-18-14-52(44-60(57)83-70)87-28-26-86(4)27-29-87/h11-20,43-46,48,58,61,68,74H,3,6-10,21-42,47,76H2,1-2,4-5H3,(H,78,91)(H,80,82)(H,81,83)(H,84,95)(H,85,92)(H3,77,79,98)/t58-,61-,68-,74?/m0/s1. The van der Waals surface area contributed by atoms with Crippen molar-refractivity contribution >= 4 is 80.8 Å². The van der Waals surface area contributed by atoms with Crippen molar-refractivity contribution in [3.63, 3.8) is 0 Å². The number of nitrogens with one attached hydrogen (secondary N) is 6. The van der Waals surface area contributed by atoms with Crippen LogP contribution in [0.2, 0.25) is 0 Å². The van der Waals surface area contributed by atoms with Crippen molar-refractivity contribution < 1.29 is 76.3 Å². The number of hydrogen-bond donors (Lipinski definition) is 8. The first-order valence-corrected chi connectivity index (χ1v) is 36.2. The van der Waals surface area contributed by atoms with Gasteiger partial charge in [0.2, 0.25) is 23.6 Å². The van der Waals surface area contributed by atoms with E-state index in [9.17, 15) is 38.4 Å². The molecule has 1 unspecified atom stereocenters. The van der Waals surface area contributed by atoms with Crippen LogP contribution in [-0.4, -0.2) is 257 Å². The Balaban J connectivity index is 0.630. The number of urea groups is 1. The first-order chi connectivity index (χ1) is 51.3. The van der Waals surface area contributed by atoms with Crippen LogP contribution in [-0.2, 0) is 52.5 Å². The number of unbranched alkanes of at least 4 members (excludes halogenated alkanes) is 2. The van der Waals surface area contributed by atoms with Crippen LogP contribution >= 0.6 is 0 Å². The zero-order valence-electron chi connectivity index (χ0n) is 60.8. The van der Waals surface area contributed by atoms with Gasteiger partial charge in [0.1, 0.15) is 29.5 Å². The molecule has 3 saturated heterocycles. The summed E-state index contributed by atoms with van der Waals surface area (Å²) in [6, 6.07) is 19.9. The average molecular weight is 1470 g/mol. The molecule has 0 saturated carbocycles. The molecule has 10 rings (SSSR count). The molecule has 6 aromatic rings. The summed E-state index contributed by atoms with van der Waals surface area (Å²) >= 11 is 0. The van der Waals surface area contributed by atoms with Crippen molar-refractivity contribution in [1.29, 1.82) is 0 Å². The number of piperazine rings is 1. The molecule has 4 aromatic carbocycles. The first-order valence-electron chi connectivity index (χ1n) is 36.2. The van der Waals surface area contributed by atoms with Crippen LogP contribution in [0.25, 0.3) is 44.8 Å². The van der Waals surface area contributed by atoms with Crippen LogP contribution in [0.1, 0.15) is 75.6 Å². The number of nitrogens with zero attached hydrogens (tertiary/aromatic N) is 7. The third-order valence-corrected chi connectivity index (χ3v) is 18.7. The number of aromatic amines is 2. The molecular formula is C75H99N15O16. The number of ether oxygens (including phenoxy) is 8. The Labute approximate surface area is 615 Å². The number of primary amides is 1. The monoisotopic (exact) mass is 1470 g/mol. The number of benzene rings is 4. The van der Waals surface area contributed by atoms with Gasteiger partial charge < -0.3 is 100 Å². The van der Waals surface area contributed by atoms with Crippen LogP contribution in [0.15, 0.2) is 97.1 Å². The fraction of sp³-hybridized carbons (Fsp3) is 0.493. The predicted molar refractivity (Wildman–Crippen MR) is 396 cm³/mol. The highest BCUT2D eigenvalue weighted by Gasteiger charge is 2.46. The summed E-state index contributed by atoms with van der Waals surface area (Å²) < 4.78 is 46.4. The van der Waals surface area contributed by atoms with Crippen molar-refractivity contribution in [2.75, 3.05) is 156 Å². The molecule has 0 radical (unpaired) electrons. The fourth-order valence-electron chi connectivity index (χ4n) is 12.8. The van der Waals surface area contributed by atoms with Crippen molar-refractivity contribution in [2.45, 2.75) is 89.6 Å². The highest BCUT2D eigenvalue weighted by molar-refractivity contribution is 6.13. The molecule has 4 aliphatic rings. The van der Waals surface area contributed by atoms with Gasteiger partial charge in [-0.05, 0) is 118 Å². The number of likely N-dealkylation sites (N-methyl/N-ethyl adjacent to an activating group) is 1. The smallest absolute Gasteiger partial charge is 0.312 e. The predicted octanol–water partition coefficient (Wildman–Crippen LogP) is 4.66. The van der Waals surface area contributed by atoms with Crippen molar-refractivity contribution in [2.24, 2.45) is 11.7 Å². The number of imide groups is 1. The van der Waals surface area contributed by atoms with Crippen LogP contribution in [0.4, 0.5) is 16.2 Å². The third kappa shape index (κ3) is 21.7. The van der Waals surface area contributed by atoms with Crippen LogP contribution in [0, 0.1) is 5.92 Å². The maximum Gasteiger partial charge on any atom is 0.312 e. The van der Waals surface area contributed by atoms with Gasteiger partial charge >= 0.3 is 6.03 Å². The lowest BCUT2D eigenvalue weighted by Crippen LogP contribution is -2.58. The topological polar surface area (TPSA) is 384 Å². The highest BCUT2D eigenvalue weighted by atomic mass is 16.6. The molecule has 31 nitrogen and oxygen atoms in total. The van der Waals surface area contributed by atoms with Gasteiger partial charge in [-0.1, -0.05) is 26.0 Å². The number of nitrogen functional groups attached to an aromatic ring is 1. The number of likely N-dealkylation sites (tertiary alicyclic amines) is 1. The number of H-pyrrole nitrogens is 2. The molecule has 106 heavy (non-hydrogen) atoms. The van der Waals surface area contributed by atoms with E-state index < -0.39 is 71.7 Å². The normalized spacial score (nSPS) is 16.7. The van der Waals surface area contributed by atoms with Gasteiger partial charge in [-0.15, -0.1) is 0 Å². The second-order valence-corrected chi connectivity index (χ2v) is 26.8. The molecule has 0 bridgehead atoms. The maximum absolute atomic E-state index is 14.8. The summed E-state index contributed by atoms with van der Waals surface area (Å²) in [4.78, 5) is 129. The minimum atomic E-state index is -1.14. The van der Waals surface area contributed by atoms with Gasteiger partial charge in [0.25, 0.3) is 17.7 Å². The average Bonchev–Trinajstić information content (AvgIpc) is 1.59. The fourth-order valence-corrected chi connectivity index (χ4v) is 12.8. The van der Waals surface area contributed by atoms with Gasteiger partial charge in [-0.25, -0.2) is 14.8 Å². The SMILES string of the molecule is C=C1C[C@@H](C2OCCN2C(=O)[C@H](CCCNC(N)=O)NC(=O)[C@@H](NC(=O)CCOCCOCCOCCOCCNC(=O)CCN2C(=O)C=CC2=O)C(C)C)N(C(=O)c2cc(OC)c(OCCCCCOc3ccc(-c4nc5ccc(-c6nc7cc(N8CCN(C)CC8)ccc7[nH]6)cc5[nH]4)cc3)cc2N)C1. The van der Waals surface area contributed by atoms with E-state index in [1.54, 1.807) is 30.9 Å². The lowest BCUT2D eigenvalue weighted by molar-refractivity contribution is -0.144. The van der Waals surface area contributed by atoms with E-state index in [4.69, 9.17) is 59.3 Å². The van der Waals surface area contributed by atoms with E-state index in [-0.39, 0.29) is 115 Å². The molecule has 3 fully saturated rings. The minimum absolute atomic E-state index is 0.00364. The van der Waals surface area contributed by atoms with Crippen molar-refractivity contribution in [3.8, 4) is 40.0 Å². The zero-order chi connectivity index (χ0) is 75.1. The van der Waals surface area contributed by atoms with E-state index in [0.29, 0.717) is 57.4 Å². The molecule has 4 aliphatic heterocycles. The number of nitrogens with two attached hydrogens (primary N) is 2. The lowest BCUT2D eigenvalue weighted by atomic mass is 10.0. The molecular weight excluding hydrogens is 1370 g/mol. The Morgan fingerprint density at radius 1 is 0.670 bits per heavy atom. The summed E-state index contributed by atoms with van der Waals surface area (Å²) in [5.41, 5.74) is 19.8. The minimum Gasteiger partial charge on any atom is -0.494 e. The summed E-state index contributed by atoms with van der Waals surface area (Å²) in [5, 5.41) is 10.8. The summed E-state index contributed by atoms with van der Waals surface area (Å²) in [6.07, 6.45) is 4.25. The zero-order valence-corrected chi connectivity index (χ0v) is 60.8. The summed E-state index contributed by atoms with van der Waals surface area (Å²) in [5.74, 6) is -0.585. The number of aromatic nitrogens is 4. The van der Waals surface area contributed by atoms with E-state index in [0.717, 1.165) is 100 Å². The number of carbonyl (C=O) groups is 8. The number of amides is 9. The van der Waals surface area contributed by atoms with Crippen LogP contribution < -0.4 is 51.8 Å². The van der Waals surface area contributed by atoms with Crippen LogP contribution in [0.3, 0.4) is 0 Å². The molecule has 9 amide bonds. The van der Waals surface area contributed by atoms with E-state index in [1.165, 1.54) is 29.8 Å². The summed E-state index contributed by atoms with van der Waals surface area (Å²) in [7, 11) is 3.64. The van der Waals surface area contributed by atoms with Crippen molar-refractivity contribution in [3.05, 3.63) is 103 Å². The number of imidazole rings is 2. The van der Waals surface area contributed by atoms with Gasteiger partial charge in [-0.3, -0.25) is 38.5 Å². The molecule has 31 heteroatoms. The van der Waals surface area contributed by atoms with E-state index in [2.05, 4.69) is 78.9 Å². The molecule has 6 heterocycles. The molecule has 0 aliphatic carbocycles. The lowest BCUT2D eigenvalue weighted by Gasteiger charge is -2.35. The molecule has 4 atom stereocenters. The number of anilines is 2. The second-order valence-electron chi connectivity index (χ2n) is 26.8. The number of rotatable bonds is 41. The van der Waals surface area contributed by atoms with Gasteiger partial charge in [0.15, 0.2) is 17.7 Å². The number of fused-ring (bicyclic) bond motifs is 2. The molecule has 2 aromatic heterocycles. The summed E-state index contributed by atoms with van der Waals surface area (Å²) in [6.45, 7) is 15.4. The molecule has 10 N–H and O–H groups in total. The van der Waals surface area contributed by atoms with Gasteiger partial charge in [0.05, 0.1) is 113 Å². The van der Waals surface area contributed by atoms with Crippen molar-refractivity contribution in [1.82, 2.24) is 60.8 Å². The van der Waals surface area contributed by atoms with Crippen LogP contribution in [0.5, 0.6) is 17.2 Å². The maximum atomic E-state index is 14.8. The Morgan fingerprint density at radius 2 is 1.34 bits per heavy atom. The van der Waals surface area contributed by atoms with Gasteiger partial charge in [0, 0.05) is 112 Å². The Kier molecular flexibility index (Phi) is 28.6. The number of carbonyl (C=O) groups excluding carboxylic acids is 8. The van der Waals surface area contributed by atoms with E-state index >= 15 is 0 Å². The van der Waals surface area contributed by atoms with E-state index in [1.807, 2.05) is 36.4 Å². The second kappa shape index (κ2) is 38.7. The highest BCUT2D eigenvalue weighted by Crippen LogP contribution is 2.37. The third-order valence-electron chi connectivity index (χ3n) is 18.7. The Hall–Kier alpha value is -10.2.